The van der Waals surface area contributed by atoms with Crippen LogP contribution in [-0.2, 0) is 24.4 Å². The van der Waals surface area contributed by atoms with Gasteiger partial charge in [-0.15, -0.1) is 0 Å². The third-order valence-electron chi connectivity index (χ3n) is 1.49. The molecular formula is C7H16O6S3. The van der Waals surface area contributed by atoms with Crippen molar-refractivity contribution in [3.05, 3.63) is 0 Å². The molecule has 0 aliphatic heterocycles. The molecule has 16 heavy (non-hydrogen) atoms. The smallest absolute Gasteiger partial charge is 0.322 e. The first-order valence-electron chi connectivity index (χ1n) is 4.43. The molecule has 0 aliphatic carbocycles. The third-order valence-corrected chi connectivity index (χ3v) is 4.21. The highest BCUT2D eigenvalue weighted by Crippen LogP contribution is 2.04. The van der Waals surface area contributed by atoms with Crippen LogP contribution >= 0.6 is 11.7 Å². The number of aliphatic carboxylic acids is 1. The first-order chi connectivity index (χ1) is 7.12. The maximum Gasteiger partial charge on any atom is 0.322 e. The lowest BCUT2D eigenvalue weighted by atomic mass is 10.4. The van der Waals surface area contributed by atoms with Gasteiger partial charge in [0.2, 0.25) is 8.87 Å². The number of carboxylic acid groups (broad SMARTS) is 1. The van der Waals surface area contributed by atoms with E-state index >= 15 is 0 Å². The van der Waals surface area contributed by atoms with Gasteiger partial charge in [-0.3, -0.25) is 4.79 Å². The van der Waals surface area contributed by atoms with Crippen molar-refractivity contribution in [2.75, 3.05) is 5.75 Å². The quantitative estimate of drug-likeness (QED) is 0.491. The molecule has 0 spiro atoms. The van der Waals surface area contributed by atoms with Gasteiger partial charge in [-0.2, -0.15) is 0 Å². The van der Waals surface area contributed by atoms with E-state index in [1.165, 1.54) is 0 Å². The molecule has 0 aromatic carbocycles. The van der Waals surface area contributed by atoms with Crippen molar-refractivity contribution in [3.8, 4) is 0 Å². The highest BCUT2D eigenvalue weighted by atomic mass is 33.1. The fourth-order valence-electron chi connectivity index (χ4n) is 0.415. The van der Waals surface area contributed by atoms with E-state index < -0.39 is 30.8 Å². The van der Waals surface area contributed by atoms with Gasteiger partial charge in [0.25, 0.3) is 0 Å². The molecule has 0 aromatic heterocycles. The van der Waals surface area contributed by atoms with Crippen molar-refractivity contribution in [2.45, 2.75) is 31.9 Å². The summed E-state index contributed by atoms with van der Waals surface area (Å²) >= 11 is 3.08. The average Bonchev–Trinajstić information content (AvgIpc) is 2.12. The fraction of sp³-hybridized carbons (Fsp3) is 0.857. The Labute approximate surface area is 102 Å². The van der Waals surface area contributed by atoms with Crippen LogP contribution in [0.25, 0.3) is 0 Å². The maximum absolute atomic E-state index is 10.3. The van der Waals surface area contributed by atoms with Crippen molar-refractivity contribution in [2.24, 2.45) is 0 Å². The highest BCUT2D eigenvalue weighted by Gasteiger charge is 2.23. The number of rotatable bonds is 5. The Hall–Kier alpha value is -0.280. The highest BCUT2D eigenvalue weighted by molar-refractivity contribution is 8.63. The van der Waals surface area contributed by atoms with E-state index in [9.17, 15) is 21.6 Å². The molecule has 0 fully saturated rings. The predicted octanol–water partition coefficient (Wildman–Crippen LogP) is 0.117. The van der Waals surface area contributed by atoms with Gasteiger partial charge in [-0.1, -0.05) is 13.3 Å². The van der Waals surface area contributed by atoms with Gasteiger partial charge < -0.3 is 5.11 Å². The fourth-order valence-corrected chi connectivity index (χ4v) is 1.51. The van der Waals surface area contributed by atoms with Crippen LogP contribution in [0.5, 0.6) is 0 Å². The van der Waals surface area contributed by atoms with Crippen molar-refractivity contribution < 1.29 is 26.7 Å². The normalized spacial score (nSPS) is 12.8. The summed E-state index contributed by atoms with van der Waals surface area (Å²) in [7, 11) is -5.81. The molecule has 1 unspecified atom stereocenters. The molecule has 0 heterocycles. The van der Waals surface area contributed by atoms with Crippen LogP contribution < -0.4 is 0 Å². The summed E-state index contributed by atoms with van der Waals surface area (Å²) in [6.45, 7) is 3.03. The second-order valence-corrected chi connectivity index (χ2v) is 7.28. The van der Waals surface area contributed by atoms with Crippen LogP contribution in [0.1, 0.15) is 26.7 Å². The summed E-state index contributed by atoms with van der Waals surface area (Å²) in [5.74, 6) is -1.03. The Balaban J connectivity index is 0. The summed E-state index contributed by atoms with van der Waals surface area (Å²) in [6.07, 6.45) is 1.77. The zero-order valence-corrected chi connectivity index (χ0v) is 11.6. The zero-order chi connectivity index (χ0) is 13.4. The number of carboxylic acids is 1. The van der Waals surface area contributed by atoms with Crippen molar-refractivity contribution >= 4 is 37.2 Å². The zero-order valence-electron chi connectivity index (χ0n) is 8.99. The van der Waals surface area contributed by atoms with Gasteiger partial charge in [-0.05, 0) is 25.0 Å². The topological polar surface area (TPSA) is 106 Å². The molecule has 0 aromatic rings. The van der Waals surface area contributed by atoms with Gasteiger partial charge in [0.05, 0.1) is 0 Å². The summed E-state index contributed by atoms with van der Waals surface area (Å²) in [5, 5.41) is 6.66. The minimum Gasteiger partial charge on any atom is -0.480 e. The Bertz CT molecular complexity index is 362. The van der Waals surface area contributed by atoms with Gasteiger partial charge in [0.1, 0.15) is 10.7 Å². The van der Waals surface area contributed by atoms with E-state index in [0.29, 0.717) is 5.75 Å². The van der Waals surface area contributed by atoms with Crippen LogP contribution in [0.4, 0.5) is 0 Å². The Morgan fingerprint density at radius 1 is 1.44 bits per heavy atom. The van der Waals surface area contributed by atoms with Gasteiger partial charge in [0.15, 0.2) is 5.25 Å². The predicted molar refractivity (Wildman–Crippen MR) is 65.1 cm³/mol. The molecule has 9 heteroatoms. The average molecular weight is 292 g/mol. The molecule has 0 amide bonds. The molecule has 0 saturated carbocycles. The Morgan fingerprint density at radius 2 is 1.88 bits per heavy atom. The number of unbranched alkanes of at least 4 members (excludes halogenated alkanes) is 1. The lowest BCUT2D eigenvalue weighted by Crippen LogP contribution is -2.22. The van der Waals surface area contributed by atoms with E-state index in [1.807, 2.05) is 6.92 Å². The SMILES string of the molecule is CC(C(=O)O)S(=O)(=O)S.CCCC[SH](=O)=O. The minimum absolute atomic E-state index is 0.353. The van der Waals surface area contributed by atoms with Crippen LogP contribution in [0, 0.1) is 0 Å². The molecule has 0 radical (unpaired) electrons. The molecule has 0 bridgehead atoms. The summed E-state index contributed by atoms with van der Waals surface area (Å²) in [5.41, 5.74) is 0. The molecule has 0 saturated heterocycles. The lowest BCUT2D eigenvalue weighted by molar-refractivity contribution is -0.136. The molecule has 6 nitrogen and oxygen atoms in total. The second kappa shape index (κ2) is 8.82. The van der Waals surface area contributed by atoms with Gasteiger partial charge in [0, 0.05) is 5.75 Å². The first-order valence-corrected chi connectivity index (χ1v) is 8.40. The summed E-state index contributed by atoms with van der Waals surface area (Å²) in [6, 6.07) is 0. The lowest BCUT2D eigenvalue weighted by Gasteiger charge is -1.98. The Morgan fingerprint density at radius 3 is 1.94 bits per heavy atom. The monoisotopic (exact) mass is 292 g/mol. The number of thiol groups is 2. The molecule has 1 N–H and O–H groups in total. The number of hydrogen-bond donors (Lipinski definition) is 3. The van der Waals surface area contributed by atoms with E-state index in [1.54, 1.807) is 0 Å². The first kappa shape index (κ1) is 18.1. The third kappa shape index (κ3) is 11.8. The van der Waals surface area contributed by atoms with Crippen LogP contribution in [0.3, 0.4) is 0 Å². The molecule has 0 rings (SSSR count). The second-order valence-electron chi connectivity index (χ2n) is 2.91. The summed E-state index contributed by atoms with van der Waals surface area (Å²) in [4.78, 5) is 9.92. The number of carbonyl (C=O) groups is 1. The molecule has 98 valence electrons. The van der Waals surface area contributed by atoms with Crippen LogP contribution in [0.2, 0.25) is 0 Å². The van der Waals surface area contributed by atoms with Crippen molar-refractivity contribution in [1.29, 1.82) is 0 Å². The number of hydrogen-bond acceptors (Lipinski definition) is 5. The molecule has 1 atom stereocenters. The van der Waals surface area contributed by atoms with Crippen LogP contribution in [0.15, 0.2) is 0 Å². The molecular weight excluding hydrogens is 276 g/mol. The minimum atomic E-state index is -3.71. The maximum atomic E-state index is 10.3. The van der Waals surface area contributed by atoms with E-state index in [-0.39, 0.29) is 0 Å². The van der Waals surface area contributed by atoms with Crippen molar-refractivity contribution in [1.82, 2.24) is 0 Å². The van der Waals surface area contributed by atoms with E-state index in [2.05, 4.69) is 11.7 Å². The van der Waals surface area contributed by atoms with Gasteiger partial charge >= 0.3 is 5.97 Å². The van der Waals surface area contributed by atoms with Crippen molar-refractivity contribution in [3.63, 3.8) is 0 Å². The standard InChI is InChI=1S/C4H10O2S.C3H6O4S2/c1-2-3-4-7(5)6;1-2(3(4)5)9(6,7)8/h7H,2-4H2,1H3;2H,1H3,(H,4,5)(H,6,7,8). The van der Waals surface area contributed by atoms with E-state index in [0.717, 1.165) is 19.8 Å². The molecule has 0 aliphatic rings. The van der Waals surface area contributed by atoms with E-state index in [4.69, 9.17) is 5.11 Å². The Kier molecular flexibility index (Phi) is 9.98. The largest absolute Gasteiger partial charge is 0.480 e. The van der Waals surface area contributed by atoms with Crippen LogP contribution in [-0.4, -0.2) is 38.9 Å². The van der Waals surface area contributed by atoms with Gasteiger partial charge in [-0.25, -0.2) is 16.8 Å². The summed E-state index contributed by atoms with van der Waals surface area (Å²) < 4.78 is 40.1.